The van der Waals surface area contributed by atoms with Gasteiger partial charge >= 0.3 is 0 Å². The molecule has 28 heavy (non-hydrogen) atoms. The standard InChI is InChI=1S/C19H24F2N4O3/c20-19(21)9-25(10-19)14-5-6-15(28-8-11-1-2-11)24-16(14)18(27)23-7-13(17(22)26)12-3-4-12/h5-6,11-13H,1-4,7-10H2,(H2,22,26)(H,23,27)/t13-/m1/s1. The highest BCUT2D eigenvalue weighted by molar-refractivity contribution is 5.98. The number of hydrogen-bond donors (Lipinski definition) is 2. The van der Waals surface area contributed by atoms with Crippen molar-refractivity contribution < 1.29 is 23.1 Å². The highest BCUT2D eigenvalue weighted by Gasteiger charge is 2.45. The van der Waals surface area contributed by atoms with E-state index >= 15 is 0 Å². The van der Waals surface area contributed by atoms with Gasteiger partial charge in [0.2, 0.25) is 11.8 Å². The van der Waals surface area contributed by atoms with Crippen molar-refractivity contribution in [3.63, 3.8) is 0 Å². The molecule has 3 fully saturated rings. The fourth-order valence-corrected chi connectivity index (χ4v) is 3.39. The van der Waals surface area contributed by atoms with E-state index in [9.17, 15) is 18.4 Å². The molecule has 3 aliphatic rings. The summed E-state index contributed by atoms with van der Waals surface area (Å²) in [6.45, 7) is -0.268. The van der Waals surface area contributed by atoms with Gasteiger partial charge in [0.25, 0.3) is 11.8 Å². The van der Waals surface area contributed by atoms with E-state index in [4.69, 9.17) is 10.5 Å². The Morgan fingerprint density at radius 1 is 1.29 bits per heavy atom. The van der Waals surface area contributed by atoms with Crippen molar-refractivity contribution >= 4 is 17.5 Å². The van der Waals surface area contributed by atoms with E-state index in [0.717, 1.165) is 25.7 Å². The number of anilines is 1. The lowest BCUT2D eigenvalue weighted by atomic mass is 10.0. The number of primary amides is 1. The molecule has 4 rings (SSSR count). The number of rotatable bonds is 9. The van der Waals surface area contributed by atoms with E-state index < -0.39 is 36.7 Å². The van der Waals surface area contributed by atoms with Gasteiger partial charge in [0, 0.05) is 12.6 Å². The van der Waals surface area contributed by atoms with Crippen molar-refractivity contribution in [1.29, 1.82) is 0 Å². The molecule has 1 aromatic rings. The van der Waals surface area contributed by atoms with Gasteiger partial charge in [0.15, 0.2) is 5.69 Å². The van der Waals surface area contributed by atoms with Crippen molar-refractivity contribution in [2.24, 2.45) is 23.5 Å². The van der Waals surface area contributed by atoms with E-state index in [1.165, 1.54) is 4.90 Å². The lowest BCUT2D eigenvalue weighted by Gasteiger charge is -2.40. The normalized spacial score (nSPS) is 21.6. The lowest BCUT2D eigenvalue weighted by Crippen LogP contribution is -2.57. The zero-order chi connectivity index (χ0) is 19.9. The summed E-state index contributed by atoms with van der Waals surface area (Å²) in [7, 11) is 0. The van der Waals surface area contributed by atoms with Crippen molar-refractivity contribution in [2.75, 3.05) is 31.1 Å². The highest BCUT2D eigenvalue weighted by Crippen LogP contribution is 2.37. The molecular weight excluding hydrogens is 370 g/mol. The summed E-state index contributed by atoms with van der Waals surface area (Å²) in [4.78, 5) is 30.0. The predicted octanol–water partition coefficient (Wildman–Crippen LogP) is 1.57. The maximum Gasteiger partial charge on any atom is 0.282 e. The predicted molar refractivity (Wildman–Crippen MR) is 97.4 cm³/mol. The van der Waals surface area contributed by atoms with Crippen LogP contribution >= 0.6 is 0 Å². The summed E-state index contributed by atoms with van der Waals surface area (Å²) in [6.07, 6.45) is 4.06. The quantitative estimate of drug-likeness (QED) is 0.663. The average Bonchev–Trinajstić information content (AvgIpc) is 3.51. The molecule has 1 saturated heterocycles. The van der Waals surface area contributed by atoms with Gasteiger partial charge < -0.3 is 20.7 Å². The molecule has 1 aromatic heterocycles. The second-order valence-electron chi connectivity index (χ2n) is 8.04. The van der Waals surface area contributed by atoms with E-state index in [2.05, 4.69) is 10.3 Å². The molecule has 0 aromatic carbocycles. The summed E-state index contributed by atoms with van der Waals surface area (Å²) in [5.41, 5.74) is 5.79. The number of pyridine rings is 1. The van der Waals surface area contributed by atoms with E-state index in [-0.39, 0.29) is 18.2 Å². The van der Waals surface area contributed by atoms with Crippen LogP contribution in [0, 0.1) is 17.8 Å². The van der Waals surface area contributed by atoms with Gasteiger partial charge in [-0.2, -0.15) is 0 Å². The van der Waals surface area contributed by atoms with Crippen LogP contribution in [0.5, 0.6) is 5.88 Å². The highest BCUT2D eigenvalue weighted by atomic mass is 19.3. The Bertz CT molecular complexity index is 772. The number of carbonyl (C=O) groups excluding carboxylic acids is 2. The number of nitrogens with two attached hydrogens (primary N) is 1. The van der Waals surface area contributed by atoms with Gasteiger partial charge in [-0.1, -0.05) is 0 Å². The summed E-state index contributed by atoms with van der Waals surface area (Å²) in [5.74, 6) is -3.14. The van der Waals surface area contributed by atoms with Crippen molar-refractivity contribution in [1.82, 2.24) is 10.3 Å². The first-order valence-corrected chi connectivity index (χ1v) is 9.66. The first-order valence-electron chi connectivity index (χ1n) is 9.66. The third-order valence-corrected chi connectivity index (χ3v) is 5.45. The van der Waals surface area contributed by atoms with Crippen LogP contribution in [0.2, 0.25) is 0 Å². The Morgan fingerprint density at radius 2 is 2.00 bits per heavy atom. The maximum absolute atomic E-state index is 13.3. The van der Waals surface area contributed by atoms with Crippen LogP contribution in [0.1, 0.15) is 36.2 Å². The first kappa shape index (κ1) is 18.9. The molecule has 2 saturated carbocycles. The lowest BCUT2D eigenvalue weighted by molar-refractivity contribution is -0.122. The Hall–Kier alpha value is -2.45. The summed E-state index contributed by atoms with van der Waals surface area (Å²) < 4.78 is 32.2. The van der Waals surface area contributed by atoms with Gasteiger partial charge in [-0.05, 0) is 43.6 Å². The van der Waals surface area contributed by atoms with Crippen molar-refractivity contribution in [3.05, 3.63) is 17.8 Å². The molecule has 0 radical (unpaired) electrons. The topological polar surface area (TPSA) is 97.5 Å². The SMILES string of the molecule is NC(=O)[C@H](CNC(=O)c1nc(OCC2CC2)ccc1N1CC(F)(F)C1)C1CC1. The monoisotopic (exact) mass is 394 g/mol. The van der Waals surface area contributed by atoms with E-state index in [1.807, 2.05) is 0 Å². The van der Waals surface area contributed by atoms with Gasteiger partial charge in [-0.3, -0.25) is 9.59 Å². The van der Waals surface area contributed by atoms with Crippen molar-refractivity contribution in [3.8, 4) is 5.88 Å². The van der Waals surface area contributed by atoms with Gasteiger partial charge in [-0.15, -0.1) is 0 Å². The van der Waals surface area contributed by atoms with Crippen LogP contribution in [0.4, 0.5) is 14.5 Å². The number of amides is 2. The fourth-order valence-electron chi connectivity index (χ4n) is 3.39. The van der Waals surface area contributed by atoms with Gasteiger partial charge in [0.05, 0.1) is 31.3 Å². The third-order valence-electron chi connectivity index (χ3n) is 5.45. The number of aromatic nitrogens is 1. The Kier molecular flexibility index (Phi) is 4.84. The zero-order valence-corrected chi connectivity index (χ0v) is 15.5. The fraction of sp³-hybridized carbons (Fsp3) is 0.632. The van der Waals surface area contributed by atoms with Crippen LogP contribution in [0.15, 0.2) is 12.1 Å². The van der Waals surface area contributed by atoms with Crippen LogP contribution < -0.4 is 20.7 Å². The Labute approximate surface area is 161 Å². The molecule has 152 valence electrons. The zero-order valence-electron chi connectivity index (χ0n) is 15.5. The summed E-state index contributed by atoms with van der Waals surface area (Å²) in [6, 6.07) is 3.19. The van der Waals surface area contributed by atoms with Crippen LogP contribution in [0.25, 0.3) is 0 Å². The number of nitrogens with one attached hydrogen (secondary N) is 1. The van der Waals surface area contributed by atoms with Crippen molar-refractivity contribution in [2.45, 2.75) is 31.6 Å². The van der Waals surface area contributed by atoms with Gasteiger partial charge in [-0.25, -0.2) is 13.8 Å². The minimum Gasteiger partial charge on any atom is -0.477 e. The molecule has 1 aliphatic heterocycles. The molecule has 9 heteroatoms. The maximum atomic E-state index is 13.3. The number of nitrogens with zero attached hydrogens (tertiary/aromatic N) is 2. The smallest absolute Gasteiger partial charge is 0.282 e. The molecule has 0 spiro atoms. The molecule has 0 bridgehead atoms. The Balaban J connectivity index is 1.48. The van der Waals surface area contributed by atoms with E-state index in [1.54, 1.807) is 12.1 Å². The molecule has 7 nitrogen and oxygen atoms in total. The van der Waals surface area contributed by atoms with Gasteiger partial charge in [0.1, 0.15) is 0 Å². The summed E-state index contributed by atoms with van der Waals surface area (Å²) >= 11 is 0. The first-order chi connectivity index (χ1) is 13.3. The van der Waals surface area contributed by atoms with Crippen LogP contribution in [-0.4, -0.2) is 49.0 Å². The summed E-state index contributed by atoms with van der Waals surface area (Å²) in [5, 5.41) is 2.70. The third kappa shape index (κ3) is 4.34. The Morgan fingerprint density at radius 3 is 2.57 bits per heavy atom. The molecule has 1 atom stereocenters. The molecule has 2 heterocycles. The number of carbonyl (C=O) groups is 2. The largest absolute Gasteiger partial charge is 0.477 e. The number of ether oxygens (including phenoxy) is 1. The molecule has 2 amide bonds. The molecule has 3 N–H and O–H groups in total. The minimum absolute atomic E-state index is 0.0304. The minimum atomic E-state index is -2.77. The molecule has 2 aliphatic carbocycles. The molecule has 0 unspecified atom stereocenters. The van der Waals surface area contributed by atoms with E-state index in [0.29, 0.717) is 24.1 Å². The number of alkyl halides is 2. The average molecular weight is 394 g/mol. The second kappa shape index (κ2) is 7.18. The number of halogens is 2. The second-order valence-corrected chi connectivity index (χ2v) is 8.04. The molecular formula is C19H24F2N4O3. The van der Waals surface area contributed by atoms with Crippen LogP contribution in [0.3, 0.4) is 0 Å². The van der Waals surface area contributed by atoms with Crippen LogP contribution in [-0.2, 0) is 4.79 Å². The number of hydrogen-bond acceptors (Lipinski definition) is 5.